The maximum Gasteiger partial charge on any atom is 0.282 e. The van der Waals surface area contributed by atoms with Gasteiger partial charge in [-0.2, -0.15) is 17.0 Å². The van der Waals surface area contributed by atoms with Gasteiger partial charge in [0.15, 0.2) is 0 Å². The van der Waals surface area contributed by atoms with E-state index in [0.29, 0.717) is 32.0 Å². The lowest BCUT2D eigenvalue weighted by Crippen LogP contribution is -2.47. The number of halogens is 1. The first kappa shape index (κ1) is 17.1. The Bertz CT molecular complexity index is 296. The zero-order valence-electron chi connectivity index (χ0n) is 11.0. The molecule has 0 rings (SSSR count). The third-order valence-corrected chi connectivity index (χ3v) is 4.82. The van der Waals surface area contributed by atoms with Gasteiger partial charge in [-0.1, -0.05) is 0 Å². The fourth-order valence-corrected chi connectivity index (χ4v) is 3.07. The van der Waals surface area contributed by atoms with E-state index in [4.69, 9.17) is 16.3 Å². The van der Waals surface area contributed by atoms with Crippen LogP contribution < -0.4 is 0 Å². The molecule has 0 aliphatic carbocycles. The predicted molar refractivity (Wildman–Crippen MR) is 70.6 cm³/mol. The number of hydrogen-bond acceptors (Lipinski definition) is 3. The Morgan fingerprint density at radius 2 is 1.88 bits per heavy atom. The average molecular weight is 287 g/mol. The van der Waals surface area contributed by atoms with Crippen LogP contribution in [-0.4, -0.2) is 62.8 Å². The van der Waals surface area contributed by atoms with Gasteiger partial charge in [0, 0.05) is 39.2 Å². The van der Waals surface area contributed by atoms with Crippen LogP contribution in [0.2, 0.25) is 0 Å². The van der Waals surface area contributed by atoms with E-state index in [0.717, 1.165) is 0 Å². The fraction of sp³-hybridized carbons (Fsp3) is 1.00. The Morgan fingerprint density at radius 3 is 2.29 bits per heavy atom. The molecule has 0 fully saturated rings. The zero-order valence-corrected chi connectivity index (χ0v) is 12.6. The van der Waals surface area contributed by atoms with Crippen LogP contribution in [0.15, 0.2) is 0 Å². The zero-order chi connectivity index (χ0) is 13.5. The molecule has 0 aromatic carbocycles. The largest absolute Gasteiger partial charge is 0.383 e. The summed E-state index contributed by atoms with van der Waals surface area (Å²) in [5, 5.41) is 0. The van der Waals surface area contributed by atoms with Crippen molar-refractivity contribution in [3.05, 3.63) is 0 Å². The molecule has 7 heteroatoms. The molecule has 0 saturated carbocycles. The number of alkyl halides is 1. The first-order valence-corrected chi connectivity index (χ1v) is 7.59. The summed E-state index contributed by atoms with van der Waals surface area (Å²) in [6.45, 7) is 4.88. The Balaban J connectivity index is 4.70. The van der Waals surface area contributed by atoms with Gasteiger partial charge < -0.3 is 4.74 Å². The van der Waals surface area contributed by atoms with Crippen LogP contribution in [0.1, 0.15) is 20.3 Å². The second-order valence-electron chi connectivity index (χ2n) is 4.07. The highest BCUT2D eigenvalue weighted by molar-refractivity contribution is 7.86. The molecular weight excluding hydrogens is 264 g/mol. The molecule has 0 atom stereocenters. The Labute approximate surface area is 110 Å². The quantitative estimate of drug-likeness (QED) is 0.598. The van der Waals surface area contributed by atoms with Crippen LogP contribution in [0, 0.1) is 0 Å². The van der Waals surface area contributed by atoms with Crippen LogP contribution in [0.4, 0.5) is 0 Å². The molecule has 0 unspecified atom stereocenters. The van der Waals surface area contributed by atoms with E-state index < -0.39 is 10.2 Å². The number of nitrogens with zero attached hydrogens (tertiary/aromatic N) is 2. The van der Waals surface area contributed by atoms with Crippen molar-refractivity contribution in [1.82, 2.24) is 8.61 Å². The summed E-state index contributed by atoms with van der Waals surface area (Å²) in [4.78, 5) is 0. The Morgan fingerprint density at radius 1 is 1.29 bits per heavy atom. The molecule has 0 aromatic rings. The maximum atomic E-state index is 12.2. The molecule has 0 aromatic heterocycles. The molecule has 17 heavy (non-hydrogen) atoms. The second-order valence-corrected chi connectivity index (χ2v) is 6.44. The van der Waals surface area contributed by atoms with Crippen molar-refractivity contribution in [1.29, 1.82) is 0 Å². The molecule has 0 aliphatic heterocycles. The molecule has 0 spiro atoms. The van der Waals surface area contributed by atoms with Crippen molar-refractivity contribution in [2.75, 3.05) is 39.7 Å². The predicted octanol–water partition coefficient (Wildman–Crippen LogP) is 1.15. The number of hydrogen-bond donors (Lipinski definition) is 0. The summed E-state index contributed by atoms with van der Waals surface area (Å²) in [5.41, 5.74) is 0. The van der Waals surface area contributed by atoms with E-state index in [-0.39, 0.29) is 6.04 Å². The normalized spacial score (nSPS) is 12.9. The number of rotatable bonds is 9. The van der Waals surface area contributed by atoms with Crippen molar-refractivity contribution < 1.29 is 13.2 Å². The van der Waals surface area contributed by atoms with Gasteiger partial charge in [-0.3, -0.25) is 0 Å². The average Bonchev–Trinajstić information content (AvgIpc) is 2.25. The lowest BCUT2D eigenvalue weighted by atomic mass is 10.4. The smallest absolute Gasteiger partial charge is 0.282 e. The van der Waals surface area contributed by atoms with Crippen molar-refractivity contribution in [2.45, 2.75) is 26.3 Å². The molecular formula is C10H23ClN2O3S. The topological polar surface area (TPSA) is 49.9 Å². The number of methoxy groups -OCH3 is 1. The first-order chi connectivity index (χ1) is 7.87. The number of ether oxygens (including phenoxy) is 1. The molecule has 5 nitrogen and oxygen atoms in total. The maximum absolute atomic E-state index is 12.2. The van der Waals surface area contributed by atoms with Crippen molar-refractivity contribution in [3.63, 3.8) is 0 Å². The summed E-state index contributed by atoms with van der Waals surface area (Å²) in [6.07, 6.45) is 0.646. The van der Waals surface area contributed by atoms with Gasteiger partial charge in [-0.05, 0) is 20.3 Å². The summed E-state index contributed by atoms with van der Waals surface area (Å²) < 4.78 is 32.2. The third kappa shape index (κ3) is 5.52. The van der Waals surface area contributed by atoms with Gasteiger partial charge in [-0.15, -0.1) is 11.6 Å². The monoisotopic (exact) mass is 286 g/mol. The van der Waals surface area contributed by atoms with Gasteiger partial charge in [-0.25, -0.2) is 0 Å². The van der Waals surface area contributed by atoms with Gasteiger partial charge in [0.05, 0.1) is 6.61 Å². The molecule has 0 N–H and O–H groups in total. The second kappa shape index (κ2) is 8.26. The van der Waals surface area contributed by atoms with E-state index in [1.54, 1.807) is 14.2 Å². The molecule has 0 heterocycles. The lowest BCUT2D eigenvalue weighted by Gasteiger charge is -2.30. The van der Waals surface area contributed by atoms with E-state index >= 15 is 0 Å². The minimum atomic E-state index is -3.42. The van der Waals surface area contributed by atoms with Gasteiger partial charge in [0.25, 0.3) is 10.2 Å². The lowest BCUT2D eigenvalue weighted by molar-refractivity contribution is 0.167. The molecule has 104 valence electrons. The van der Waals surface area contributed by atoms with Crippen LogP contribution >= 0.6 is 11.6 Å². The van der Waals surface area contributed by atoms with E-state index in [2.05, 4.69) is 0 Å². The van der Waals surface area contributed by atoms with Crippen molar-refractivity contribution in [3.8, 4) is 0 Å². The van der Waals surface area contributed by atoms with E-state index in [1.165, 1.54) is 8.61 Å². The van der Waals surface area contributed by atoms with Gasteiger partial charge in [0.2, 0.25) is 0 Å². The van der Waals surface area contributed by atoms with E-state index in [9.17, 15) is 8.42 Å². The molecule has 0 bridgehead atoms. The van der Waals surface area contributed by atoms with E-state index in [1.807, 2.05) is 13.8 Å². The van der Waals surface area contributed by atoms with Crippen LogP contribution in [-0.2, 0) is 14.9 Å². The molecule has 0 saturated heterocycles. The van der Waals surface area contributed by atoms with Gasteiger partial charge >= 0.3 is 0 Å². The fourth-order valence-electron chi connectivity index (χ4n) is 1.40. The highest BCUT2D eigenvalue weighted by atomic mass is 35.5. The minimum absolute atomic E-state index is 0.0893. The van der Waals surface area contributed by atoms with Crippen molar-refractivity contribution >= 4 is 21.8 Å². The standard InChI is InChI=1S/C10H23ClN2O3S/c1-10(2)13(8-9-16-4)17(14,15)12(3)7-5-6-11/h10H,5-9H2,1-4H3. The van der Waals surface area contributed by atoms with Gasteiger partial charge in [0.1, 0.15) is 0 Å². The molecule has 0 aliphatic rings. The van der Waals surface area contributed by atoms with Crippen LogP contribution in [0.5, 0.6) is 0 Å². The van der Waals surface area contributed by atoms with Crippen molar-refractivity contribution in [2.24, 2.45) is 0 Å². The first-order valence-electron chi connectivity index (χ1n) is 5.66. The van der Waals surface area contributed by atoms with Crippen LogP contribution in [0.25, 0.3) is 0 Å². The summed E-state index contributed by atoms with van der Waals surface area (Å²) in [5.74, 6) is 0.458. The summed E-state index contributed by atoms with van der Waals surface area (Å²) >= 11 is 5.57. The van der Waals surface area contributed by atoms with Crippen LogP contribution in [0.3, 0.4) is 0 Å². The minimum Gasteiger partial charge on any atom is -0.383 e. The SMILES string of the molecule is COCCN(C(C)C)S(=O)(=O)N(C)CCCCl. The summed E-state index contributed by atoms with van der Waals surface area (Å²) in [6, 6.07) is -0.0893. The highest BCUT2D eigenvalue weighted by Crippen LogP contribution is 2.11. The summed E-state index contributed by atoms with van der Waals surface area (Å²) in [7, 11) is -0.285. The Hall–Kier alpha value is 0.120. The molecule has 0 amide bonds. The Kier molecular flexibility index (Phi) is 8.32. The highest BCUT2D eigenvalue weighted by Gasteiger charge is 2.28. The third-order valence-electron chi connectivity index (χ3n) is 2.39. The molecule has 0 radical (unpaired) electrons.